The van der Waals surface area contributed by atoms with Gasteiger partial charge in [0.15, 0.2) is 6.10 Å². The quantitative estimate of drug-likeness (QED) is 0.779. The van der Waals surface area contributed by atoms with Crippen molar-refractivity contribution >= 4 is 5.97 Å². The Morgan fingerprint density at radius 3 is 2.93 bits per heavy atom. The van der Waals surface area contributed by atoms with Gasteiger partial charge >= 0.3 is 5.97 Å². The molecule has 0 saturated heterocycles. The van der Waals surface area contributed by atoms with E-state index in [4.69, 9.17) is 9.84 Å². The highest BCUT2D eigenvalue weighted by Crippen LogP contribution is 2.11. The molecule has 0 aliphatic heterocycles. The van der Waals surface area contributed by atoms with Gasteiger partial charge in [0.2, 0.25) is 5.88 Å². The molecular weight excluding hydrogens is 194 g/mol. The van der Waals surface area contributed by atoms with Crippen molar-refractivity contribution in [3.63, 3.8) is 0 Å². The minimum atomic E-state index is -0.936. The third-order valence-electron chi connectivity index (χ3n) is 2.00. The van der Waals surface area contributed by atoms with E-state index >= 15 is 0 Å². The summed E-state index contributed by atoms with van der Waals surface area (Å²) in [4.78, 5) is 14.8. The van der Waals surface area contributed by atoms with Gasteiger partial charge in [-0.05, 0) is 18.9 Å². The number of hydrogen-bond donors (Lipinski definition) is 1. The third-order valence-corrected chi connectivity index (χ3v) is 2.00. The van der Waals surface area contributed by atoms with Gasteiger partial charge in [-0.3, -0.25) is 0 Å². The number of pyridine rings is 1. The van der Waals surface area contributed by atoms with Crippen molar-refractivity contribution in [1.29, 1.82) is 0 Å². The van der Waals surface area contributed by atoms with Crippen LogP contribution in [0.25, 0.3) is 0 Å². The number of carbonyl (C=O) groups is 1. The van der Waals surface area contributed by atoms with Crippen LogP contribution in [-0.2, 0) is 4.79 Å². The number of rotatable bonds is 6. The van der Waals surface area contributed by atoms with Crippen molar-refractivity contribution in [2.24, 2.45) is 0 Å². The van der Waals surface area contributed by atoms with E-state index in [0.717, 1.165) is 12.8 Å². The van der Waals surface area contributed by atoms with Gasteiger partial charge in [-0.1, -0.05) is 19.4 Å². The lowest BCUT2D eigenvalue weighted by Gasteiger charge is -2.13. The highest BCUT2D eigenvalue weighted by molar-refractivity contribution is 5.72. The van der Waals surface area contributed by atoms with Gasteiger partial charge in [0.05, 0.1) is 0 Å². The molecule has 15 heavy (non-hydrogen) atoms. The first kappa shape index (κ1) is 11.5. The molecule has 82 valence electrons. The van der Waals surface area contributed by atoms with Crippen LogP contribution in [0, 0.1) is 0 Å². The molecule has 1 N–H and O–H groups in total. The summed E-state index contributed by atoms with van der Waals surface area (Å²) in [6.07, 6.45) is 3.09. The Hall–Kier alpha value is -1.58. The maximum Gasteiger partial charge on any atom is 0.344 e. The molecule has 0 aliphatic rings. The fourth-order valence-electron chi connectivity index (χ4n) is 1.18. The summed E-state index contributed by atoms with van der Waals surface area (Å²) in [5, 5.41) is 8.91. The molecule has 0 radical (unpaired) electrons. The molecule has 0 bridgehead atoms. The molecule has 1 aromatic rings. The molecule has 0 spiro atoms. The van der Waals surface area contributed by atoms with Crippen molar-refractivity contribution in [2.75, 3.05) is 0 Å². The van der Waals surface area contributed by atoms with Crippen LogP contribution in [0.1, 0.15) is 26.2 Å². The molecule has 1 aromatic heterocycles. The normalized spacial score (nSPS) is 12.1. The van der Waals surface area contributed by atoms with Crippen LogP contribution in [0.15, 0.2) is 24.4 Å². The second kappa shape index (κ2) is 6.01. The van der Waals surface area contributed by atoms with Crippen LogP contribution < -0.4 is 4.74 Å². The van der Waals surface area contributed by atoms with Gasteiger partial charge in [-0.15, -0.1) is 0 Å². The van der Waals surface area contributed by atoms with E-state index in [-0.39, 0.29) is 0 Å². The topological polar surface area (TPSA) is 59.4 Å². The lowest BCUT2D eigenvalue weighted by molar-refractivity contribution is -0.145. The lowest BCUT2D eigenvalue weighted by Crippen LogP contribution is -2.27. The predicted molar refractivity (Wildman–Crippen MR) is 55.8 cm³/mol. The van der Waals surface area contributed by atoms with Crippen molar-refractivity contribution in [1.82, 2.24) is 4.98 Å². The van der Waals surface area contributed by atoms with Gasteiger partial charge in [0, 0.05) is 12.3 Å². The standard InChI is InChI=1S/C11H15NO3/c1-2-3-6-9(11(13)14)15-10-7-4-5-8-12-10/h4-5,7-9H,2-3,6H2,1H3,(H,13,14). The zero-order chi connectivity index (χ0) is 11.1. The average molecular weight is 209 g/mol. The zero-order valence-electron chi connectivity index (χ0n) is 8.72. The highest BCUT2D eigenvalue weighted by atomic mass is 16.5. The van der Waals surface area contributed by atoms with E-state index in [1.165, 1.54) is 0 Å². The number of aromatic nitrogens is 1. The van der Waals surface area contributed by atoms with Crippen LogP contribution in [0.2, 0.25) is 0 Å². The minimum Gasteiger partial charge on any atom is -0.479 e. The van der Waals surface area contributed by atoms with Crippen molar-refractivity contribution in [2.45, 2.75) is 32.3 Å². The van der Waals surface area contributed by atoms with E-state index in [1.807, 2.05) is 6.92 Å². The zero-order valence-corrected chi connectivity index (χ0v) is 8.72. The van der Waals surface area contributed by atoms with Gasteiger partial charge in [0.25, 0.3) is 0 Å². The maximum atomic E-state index is 10.9. The van der Waals surface area contributed by atoms with E-state index < -0.39 is 12.1 Å². The van der Waals surface area contributed by atoms with Crippen molar-refractivity contribution in [3.05, 3.63) is 24.4 Å². The van der Waals surface area contributed by atoms with Crippen LogP contribution >= 0.6 is 0 Å². The average Bonchev–Trinajstić information content (AvgIpc) is 2.25. The summed E-state index contributed by atoms with van der Waals surface area (Å²) in [5.74, 6) is -0.574. The van der Waals surface area contributed by atoms with Crippen LogP contribution in [0.5, 0.6) is 5.88 Å². The Balaban J connectivity index is 2.55. The SMILES string of the molecule is CCCCC(Oc1ccccn1)C(=O)O. The summed E-state index contributed by atoms with van der Waals surface area (Å²) < 4.78 is 5.27. The van der Waals surface area contributed by atoms with Crippen LogP contribution in [0.4, 0.5) is 0 Å². The first-order valence-electron chi connectivity index (χ1n) is 5.04. The molecule has 4 nitrogen and oxygen atoms in total. The number of carboxylic acids is 1. The molecule has 0 saturated carbocycles. The Kier molecular flexibility index (Phi) is 4.60. The molecular formula is C11H15NO3. The van der Waals surface area contributed by atoms with E-state index in [0.29, 0.717) is 12.3 Å². The van der Waals surface area contributed by atoms with Crippen molar-refractivity contribution < 1.29 is 14.6 Å². The molecule has 0 aromatic carbocycles. The smallest absolute Gasteiger partial charge is 0.344 e. The monoisotopic (exact) mass is 209 g/mol. The van der Waals surface area contributed by atoms with E-state index in [9.17, 15) is 4.79 Å². The number of aliphatic carboxylic acids is 1. The largest absolute Gasteiger partial charge is 0.479 e. The number of hydrogen-bond acceptors (Lipinski definition) is 3. The van der Waals surface area contributed by atoms with Gasteiger partial charge < -0.3 is 9.84 Å². The Labute approximate surface area is 88.9 Å². The Bertz CT molecular complexity index is 300. The first-order chi connectivity index (χ1) is 7.24. The molecule has 0 aliphatic carbocycles. The lowest BCUT2D eigenvalue weighted by atomic mass is 10.1. The summed E-state index contributed by atoms with van der Waals surface area (Å²) in [6, 6.07) is 5.18. The molecule has 1 unspecified atom stereocenters. The summed E-state index contributed by atoms with van der Waals surface area (Å²) in [6.45, 7) is 2.01. The molecule has 1 atom stereocenters. The van der Waals surface area contributed by atoms with E-state index in [1.54, 1.807) is 24.4 Å². The number of carboxylic acid groups (broad SMARTS) is 1. The third kappa shape index (κ3) is 3.97. The molecule has 0 fully saturated rings. The van der Waals surface area contributed by atoms with Gasteiger partial charge in [-0.2, -0.15) is 0 Å². The maximum absolute atomic E-state index is 10.9. The van der Waals surface area contributed by atoms with E-state index in [2.05, 4.69) is 4.98 Å². The first-order valence-corrected chi connectivity index (χ1v) is 5.04. The summed E-state index contributed by atoms with van der Waals surface area (Å²) >= 11 is 0. The minimum absolute atomic E-state index is 0.362. The van der Waals surface area contributed by atoms with Crippen LogP contribution in [0.3, 0.4) is 0 Å². The van der Waals surface area contributed by atoms with Crippen LogP contribution in [-0.4, -0.2) is 22.2 Å². The number of unbranched alkanes of at least 4 members (excludes halogenated alkanes) is 1. The number of nitrogens with zero attached hydrogens (tertiary/aromatic N) is 1. The Morgan fingerprint density at radius 1 is 1.60 bits per heavy atom. The Morgan fingerprint density at radius 2 is 2.40 bits per heavy atom. The fraction of sp³-hybridized carbons (Fsp3) is 0.455. The van der Waals surface area contributed by atoms with Gasteiger partial charge in [-0.25, -0.2) is 9.78 Å². The summed E-state index contributed by atoms with van der Waals surface area (Å²) in [7, 11) is 0. The number of ether oxygens (including phenoxy) is 1. The molecule has 1 rings (SSSR count). The van der Waals surface area contributed by atoms with Gasteiger partial charge in [0.1, 0.15) is 0 Å². The second-order valence-electron chi connectivity index (χ2n) is 3.25. The molecule has 0 amide bonds. The summed E-state index contributed by atoms with van der Waals surface area (Å²) in [5.41, 5.74) is 0. The van der Waals surface area contributed by atoms with Crippen molar-refractivity contribution in [3.8, 4) is 5.88 Å². The highest BCUT2D eigenvalue weighted by Gasteiger charge is 2.18. The second-order valence-corrected chi connectivity index (χ2v) is 3.25. The fourth-order valence-corrected chi connectivity index (χ4v) is 1.18. The molecule has 1 heterocycles. The molecule has 4 heteroatoms. The predicted octanol–water partition coefficient (Wildman–Crippen LogP) is 2.10.